The maximum Gasteiger partial charge on any atom is 0.230 e. The molecule has 0 fully saturated rings. The lowest BCUT2D eigenvalue weighted by Crippen LogP contribution is -2.15. The Balaban J connectivity index is 1.54. The number of benzene rings is 2. The lowest BCUT2D eigenvalue weighted by atomic mass is 10.3. The number of amides is 1. The highest BCUT2D eigenvalue weighted by Crippen LogP contribution is 2.26. The average Bonchev–Trinajstić information content (AvgIpc) is 3.04. The zero-order valence-corrected chi connectivity index (χ0v) is 17.3. The molecule has 3 aromatic rings. The van der Waals surface area contributed by atoms with Crippen LogP contribution in [0, 0.1) is 0 Å². The summed E-state index contributed by atoms with van der Waals surface area (Å²) in [7, 11) is 0. The molecule has 8 heteroatoms. The second-order valence-electron chi connectivity index (χ2n) is 5.32. The molecule has 0 saturated carbocycles. The maximum atomic E-state index is 12.2. The van der Waals surface area contributed by atoms with Crippen LogP contribution in [-0.4, -0.2) is 10.9 Å². The summed E-state index contributed by atoms with van der Waals surface area (Å²) in [4.78, 5) is 16.6. The quantitative estimate of drug-likeness (QED) is 0.481. The lowest BCUT2D eigenvalue weighted by Gasteiger charge is -2.06. The van der Waals surface area contributed by atoms with E-state index >= 15 is 0 Å². The van der Waals surface area contributed by atoms with E-state index in [9.17, 15) is 4.79 Å². The molecule has 134 valence electrons. The normalized spacial score (nSPS) is 10.6. The molecular weight excluding hydrogens is 459 g/mol. The van der Waals surface area contributed by atoms with Crippen molar-refractivity contribution in [1.82, 2.24) is 4.98 Å². The number of hydrogen-bond donors (Lipinski definition) is 1. The molecule has 26 heavy (non-hydrogen) atoms. The summed E-state index contributed by atoms with van der Waals surface area (Å²) < 4.78 is 6.51. The van der Waals surface area contributed by atoms with Crippen LogP contribution in [0.15, 0.2) is 52.3 Å². The van der Waals surface area contributed by atoms with Crippen LogP contribution < -0.4 is 10.1 Å². The van der Waals surface area contributed by atoms with E-state index in [1.54, 1.807) is 36.4 Å². The third-order valence-electron chi connectivity index (χ3n) is 3.32. The van der Waals surface area contributed by atoms with Gasteiger partial charge >= 0.3 is 0 Å². The van der Waals surface area contributed by atoms with E-state index in [1.807, 2.05) is 11.4 Å². The molecule has 0 saturated heterocycles. The molecule has 3 rings (SSSR count). The molecule has 1 heterocycles. The van der Waals surface area contributed by atoms with E-state index in [0.29, 0.717) is 33.8 Å². The van der Waals surface area contributed by atoms with Gasteiger partial charge in [-0.1, -0.05) is 39.1 Å². The van der Waals surface area contributed by atoms with Gasteiger partial charge in [0.25, 0.3) is 0 Å². The Morgan fingerprint density at radius 1 is 1.19 bits per heavy atom. The molecule has 0 atom stereocenters. The molecule has 0 unspecified atom stereocenters. The van der Waals surface area contributed by atoms with Crippen molar-refractivity contribution in [2.24, 2.45) is 0 Å². The van der Waals surface area contributed by atoms with Crippen molar-refractivity contribution in [2.45, 2.75) is 13.0 Å². The van der Waals surface area contributed by atoms with E-state index in [2.05, 4.69) is 26.2 Å². The number of carbonyl (C=O) groups excluding carboxylic acids is 1. The maximum absolute atomic E-state index is 12.2. The van der Waals surface area contributed by atoms with Gasteiger partial charge in [0.1, 0.15) is 17.4 Å². The van der Waals surface area contributed by atoms with Crippen LogP contribution in [-0.2, 0) is 17.8 Å². The first-order chi connectivity index (χ1) is 12.5. The summed E-state index contributed by atoms with van der Waals surface area (Å²) >= 11 is 16.7. The molecule has 0 radical (unpaired) electrons. The summed E-state index contributed by atoms with van der Waals surface area (Å²) in [6.45, 7) is 0.340. The number of rotatable bonds is 6. The number of nitrogens with zero attached hydrogens (tertiary/aromatic N) is 1. The Morgan fingerprint density at radius 2 is 1.96 bits per heavy atom. The zero-order chi connectivity index (χ0) is 18.5. The monoisotopic (exact) mass is 470 g/mol. The second-order valence-corrected chi connectivity index (χ2v) is 8.03. The molecule has 0 spiro atoms. The van der Waals surface area contributed by atoms with Gasteiger partial charge < -0.3 is 10.1 Å². The van der Waals surface area contributed by atoms with Gasteiger partial charge in [0.15, 0.2) is 0 Å². The van der Waals surface area contributed by atoms with E-state index in [1.165, 1.54) is 11.3 Å². The minimum absolute atomic E-state index is 0.170. The van der Waals surface area contributed by atoms with Gasteiger partial charge in [-0.25, -0.2) is 4.98 Å². The van der Waals surface area contributed by atoms with Gasteiger partial charge in [0.05, 0.1) is 22.8 Å². The number of hydrogen-bond acceptors (Lipinski definition) is 4. The first kappa shape index (κ1) is 19.2. The van der Waals surface area contributed by atoms with Crippen LogP contribution in [0.4, 0.5) is 5.69 Å². The SMILES string of the molecule is O=C(Cc1csc(COc2ccc(Cl)cc2)n1)Nc1ccc(Br)cc1Cl. The topological polar surface area (TPSA) is 51.2 Å². The van der Waals surface area contributed by atoms with Gasteiger partial charge in [-0.3, -0.25) is 4.79 Å². The summed E-state index contributed by atoms with van der Waals surface area (Å²) in [5.41, 5.74) is 1.26. The third kappa shape index (κ3) is 5.45. The largest absolute Gasteiger partial charge is 0.486 e. The number of carbonyl (C=O) groups is 1. The summed E-state index contributed by atoms with van der Waals surface area (Å²) in [5, 5.41) is 6.57. The van der Waals surface area contributed by atoms with Crippen molar-refractivity contribution in [1.29, 1.82) is 0 Å². The fourth-order valence-corrected chi connectivity index (χ4v) is 3.67. The Kier molecular flexibility index (Phi) is 6.53. The number of nitrogens with one attached hydrogen (secondary N) is 1. The van der Waals surface area contributed by atoms with E-state index in [4.69, 9.17) is 27.9 Å². The van der Waals surface area contributed by atoms with Gasteiger partial charge in [-0.05, 0) is 42.5 Å². The molecule has 0 aliphatic carbocycles. The van der Waals surface area contributed by atoms with Gasteiger partial charge in [0.2, 0.25) is 5.91 Å². The van der Waals surface area contributed by atoms with Crippen molar-refractivity contribution >= 4 is 62.1 Å². The third-order valence-corrected chi connectivity index (χ3v) is 5.25. The predicted molar refractivity (Wildman–Crippen MR) is 109 cm³/mol. The first-order valence-electron chi connectivity index (χ1n) is 7.56. The average molecular weight is 472 g/mol. The Bertz CT molecular complexity index is 916. The Morgan fingerprint density at radius 3 is 2.69 bits per heavy atom. The van der Waals surface area contributed by atoms with Crippen LogP contribution in [0.3, 0.4) is 0 Å². The molecule has 0 bridgehead atoms. The number of halogens is 3. The van der Waals surface area contributed by atoms with Gasteiger partial charge in [0, 0.05) is 14.9 Å². The van der Waals surface area contributed by atoms with Crippen LogP contribution in [0.2, 0.25) is 10.0 Å². The predicted octanol–water partition coefficient (Wildman–Crippen LogP) is 5.97. The lowest BCUT2D eigenvalue weighted by molar-refractivity contribution is -0.115. The van der Waals surface area contributed by atoms with Crippen LogP contribution >= 0.6 is 50.5 Å². The number of ether oxygens (including phenoxy) is 1. The summed E-state index contributed by atoms with van der Waals surface area (Å²) in [6.07, 6.45) is 0.170. The van der Waals surface area contributed by atoms with E-state index in [-0.39, 0.29) is 12.3 Å². The number of aromatic nitrogens is 1. The van der Waals surface area contributed by atoms with E-state index in [0.717, 1.165) is 9.48 Å². The number of anilines is 1. The van der Waals surface area contributed by atoms with Gasteiger partial charge in [-0.2, -0.15) is 0 Å². The second kappa shape index (κ2) is 8.86. The van der Waals surface area contributed by atoms with Crippen molar-refractivity contribution in [3.05, 3.63) is 73.1 Å². The number of thiazole rings is 1. The molecule has 1 N–H and O–H groups in total. The standard InChI is InChI=1S/C18H13BrCl2N2O2S/c19-11-1-6-16(15(21)7-11)23-17(24)8-13-10-26-18(22-13)9-25-14-4-2-12(20)3-5-14/h1-7,10H,8-9H2,(H,23,24). The Labute approximate surface area is 173 Å². The molecule has 4 nitrogen and oxygen atoms in total. The van der Waals surface area contributed by atoms with Gasteiger partial charge in [-0.15, -0.1) is 11.3 Å². The molecule has 0 aliphatic rings. The summed E-state index contributed by atoms with van der Waals surface area (Å²) in [6, 6.07) is 12.4. The van der Waals surface area contributed by atoms with Crippen molar-refractivity contribution < 1.29 is 9.53 Å². The zero-order valence-electron chi connectivity index (χ0n) is 13.3. The molecule has 0 aliphatic heterocycles. The molecular formula is C18H13BrCl2N2O2S. The highest BCUT2D eigenvalue weighted by atomic mass is 79.9. The summed E-state index contributed by atoms with van der Waals surface area (Å²) in [5.74, 6) is 0.540. The van der Waals surface area contributed by atoms with Crippen LogP contribution in [0.1, 0.15) is 10.7 Å². The highest BCUT2D eigenvalue weighted by molar-refractivity contribution is 9.10. The minimum Gasteiger partial charge on any atom is -0.486 e. The van der Waals surface area contributed by atoms with Crippen LogP contribution in [0.5, 0.6) is 5.75 Å². The van der Waals surface area contributed by atoms with Crippen molar-refractivity contribution in [3.8, 4) is 5.75 Å². The Hall–Kier alpha value is -1.60. The van der Waals surface area contributed by atoms with Crippen molar-refractivity contribution in [3.63, 3.8) is 0 Å². The highest BCUT2D eigenvalue weighted by Gasteiger charge is 2.10. The smallest absolute Gasteiger partial charge is 0.230 e. The van der Waals surface area contributed by atoms with Crippen LogP contribution in [0.25, 0.3) is 0 Å². The fourth-order valence-electron chi connectivity index (χ4n) is 2.12. The van der Waals surface area contributed by atoms with E-state index < -0.39 is 0 Å². The molecule has 2 aromatic carbocycles. The minimum atomic E-state index is -0.176. The first-order valence-corrected chi connectivity index (χ1v) is 9.99. The van der Waals surface area contributed by atoms with Crippen molar-refractivity contribution in [2.75, 3.05) is 5.32 Å². The molecule has 1 amide bonds. The molecule has 1 aromatic heterocycles. The fraction of sp³-hybridized carbons (Fsp3) is 0.111.